The van der Waals surface area contributed by atoms with Crippen molar-refractivity contribution in [2.45, 2.75) is 71.9 Å². The summed E-state index contributed by atoms with van der Waals surface area (Å²) in [5.74, 6) is -0.620. The van der Waals surface area contributed by atoms with E-state index >= 15 is 0 Å². The Morgan fingerprint density at radius 1 is 1.14 bits per heavy atom. The Morgan fingerprint density at radius 3 is 2.21 bits per heavy atom. The number of urea groups is 1. The van der Waals surface area contributed by atoms with Gasteiger partial charge in [0, 0.05) is 0 Å². The molecule has 1 heterocycles. The highest BCUT2D eigenvalue weighted by Gasteiger charge is 2.52. The fourth-order valence-corrected chi connectivity index (χ4v) is 3.13. The van der Waals surface area contributed by atoms with Crippen molar-refractivity contribution < 1.29 is 19.1 Å². The molecule has 0 aromatic heterocycles. The van der Waals surface area contributed by atoms with E-state index < -0.39 is 29.5 Å². The number of amides is 3. The van der Waals surface area contributed by atoms with Crippen molar-refractivity contribution in [3.63, 3.8) is 0 Å². The molecule has 28 heavy (non-hydrogen) atoms. The molecule has 1 aromatic carbocycles. The van der Waals surface area contributed by atoms with Crippen molar-refractivity contribution in [3.05, 3.63) is 35.4 Å². The molecular formula is C22H32N2O4. The number of nitrogens with one attached hydrogen (secondary N) is 1. The molecule has 1 saturated heterocycles. The van der Waals surface area contributed by atoms with Gasteiger partial charge in [-0.1, -0.05) is 58.9 Å². The molecule has 1 aliphatic rings. The average molecular weight is 389 g/mol. The molecule has 6 heteroatoms. The van der Waals surface area contributed by atoms with Crippen molar-refractivity contribution in [2.24, 2.45) is 5.92 Å². The lowest BCUT2D eigenvalue weighted by molar-refractivity contribution is -0.152. The Hall–Kier alpha value is -2.37. The van der Waals surface area contributed by atoms with E-state index in [2.05, 4.69) is 26.1 Å². The Bertz CT molecular complexity index is 749. The molecule has 6 nitrogen and oxygen atoms in total. The number of nitrogens with zero attached hydrogens (tertiary/aromatic N) is 1. The van der Waals surface area contributed by atoms with E-state index in [0.717, 1.165) is 16.9 Å². The Labute approximate surface area is 167 Å². The van der Waals surface area contributed by atoms with Crippen molar-refractivity contribution in [2.75, 3.05) is 6.61 Å². The first-order valence-electron chi connectivity index (χ1n) is 9.81. The second-order valence-electron chi connectivity index (χ2n) is 9.08. The van der Waals surface area contributed by atoms with Crippen molar-refractivity contribution >= 4 is 17.9 Å². The third-order valence-electron chi connectivity index (χ3n) is 5.22. The highest BCUT2D eigenvalue weighted by molar-refractivity contribution is 6.09. The summed E-state index contributed by atoms with van der Waals surface area (Å²) in [7, 11) is 0. The van der Waals surface area contributed by atoms with Crippen LogP contribution in [0, 0.1) is 5.92 Å². The van der Waals surface area contributed by atoms with Crippen LogP contribution in [0.1, 0.15) is 66.0 Å². The first-order valence-corrected chi connectivity index (χ1v) is 9.81. The lowest BCUT2D eigenvalue weighted by Crippen LogP contribution is -2.46. The quantitative estimate of drug-likeness (QED) is 0.595. The van der Waals surface area contributed by atoms with Crippen molar-refractivity contribution in [3.8, 4) is 0 Å². The molecular weight excluding hydrogens is 356 g/mol. The van der Waals surface area contributed by atoms with Crippen LogP contribution in [-0.2, 0) is 25.3 Å². The maximum Gasteiger partial charge on any atom is 0.329 e. The Morgan fingerprint density at radius 2 is 1.71 bits per heavy atom. The summed E-state index contributed by atoms with van der Waals surface area (Å²) in [5, 5.41) is 2.74. The van der Waals surface area contributed by atoms with E-state index in [-0.39, 0.29) is 12.0 Å². The molecule has 2 unspecified atom stereocenters. The number of imide groups is 1. The zero-order valence-electron chi connectivity index (χ0n) is 18.0. The SMILES string of the molecule is CC(C)CCOC(=O)C(C)N1C(=O)NC(C)(c2ccc(C(C)(C)C)cc2)C1=O. The van der Waals surface area contributed by atoms with Gasteiger partial charge in [-0.15, -0.1) is 0 Å². The van der Waals surface area contributed by atoms with Crippen molar-refractivity contribution in [1.29, 1.82) is 0 Å². The van der Waals surface area contributed by atoms with Gasteiger partial charge >= 0.3 is 12.0 Å². The minimum Gasteiger partial charge on any atom is -0.464 e. The smallest absolute Gasteiger partial charge is 0.329 e. The fraction of sp³-hybridized carbons (Fsp3) is 0.591. The number of carbonyl (C=O) groups is 3. The number of carbonyl (C=O) groups excluding carboxylic acids is 3. The van der Waals surface area contributed by atoms with Crippen LogP contribution in [0.5, 0.6) is 0 Å². The predicted octanol–water partition coefficient (Wildman–Crippen LogP) is 3.73. The van der Waals surface area contributed by atoms with Gasteiger partial charge in [-0.25, -0.2) is 14.5 Å². The van der Waals surface area contributed by atoms with Gasteiger partial charge in [0.25, 0.3) is 5.91 Å². The normalized spacial score (nSPS) is 21.1. The third kappa shape index (κ3) is 4.37. The third-order valence-corrected chi connectivity index (χ3v) is 5.22. The van der Waals surface area contributed by atoms with Crippen LogP contribution in [-0.4, -0.2) is 35.5 Å². The van der Waals surface area contributed by atoms with E-state index in [0.29, 0.717) is 11.5 Å². The summed E-state index contributed by atoms with van der Waals surface area (Å²) in [6, 6.07) is 6.08. The van der Waals surface area contributed by atoms with E-state index in [1.807, 2.05) is 38.1 Å². The number of hydrogen-bond donors (Lipinski definition) is 1. The zero-order valence-corrected chi connectivity index (χ0v) is 18.0. The number of esters is 1. The molecule has 1 N–H and O–H groups in total. The van der Waals surface area contributed by atoms with Gasteiger partial charge in [-0.05, 0) is 42.7 Å². The first-order chi connectivity index (χ1) is 12.9. The molecule has 2 rings (SSSR count). The monoisotopic (exact) mass is 388 g/mol. The Balaban J connectivity index is 2.18. The van der Waals surface area contributed by atoms with Gasteiger partial charge in [-0.3, -0.25) is 4.79 Å². The van der Waals surface area contributed by atoms with E-state index in [9.17, 15) is 14.4 Å². The van der Waals surface area contributed by atoms with Gasteiger partial charge in [0.1, 0.15) is 11.6 Å². The Kier molecular flexibility index (Phi) is 6.21. The summed E-state index contributed by atoms with van der Waals surface area (Å²) in [5.41, 5.74) is 0.597. The van der Waals surface area contributed by atoms with Crippen LogP contribution >= 0.6 is 0 Å². The van der Waals surface area contributed by atoms with Crippen LogP contribution in [0.15, 0.2) is 24.3 Å². The molecule has 1 aromatic rings. The second kappa shape index (κ2) is 7.94. The van der Waals surface area contributed by atoms with E-state index in [1.54, 1.807) is 6.92 Å². The van der Waals surface area contributed by atoms with Crippen LogP contribution in [0.3, 0.4) is 0 Å². The molecule has 0 aliphatic carbocycles. The maximum atomic E-state index is 13.1. The van der Waals surface area contributed by atoms with Crippen LogP contribution in [0.2, 0.25) is 0 Å². The molecule has 0 bridgehead atoms. The summed E-state index contributed by atoms with van der Waals surface area (Å²) < 4.78 is 5.24. The molecule has 0 saturated carbocycles. The molecule has 1 fully saturated rings. The highest BCUT2D eigenvalue weighted by Crippen LogP contribution is 2.32. The maximum absolute atomic E-state index is 13.1. The van der Waals surface area contributed by atoms with Crippen molar-refractivity contribution in [1.82, 2.24) is 10.2 Å². The zero-order chi connectivity index (χ0) is 21.3. The molecule has 2 atom stereocenters. The summed E-state index contributed by atoms with van der Waals surface area (Å²) in [4.78, 5) is 38.9. The number of hydrogen-bond acceptors (Lipinski definition) is 4. The van der Waals surface area contributed by atoms with Crippen LogP contribution < -0.4 is 5.32 Å². The summed E-state index contributed by atoms with van der Waals surface area (Å²) in [6.45, 7) is 13.9. The lowest BCUT2D eigenvalue weighted by atomic mass is 9.84. The average Bonchev–Trinajstić information content (AvgIpc) is 2.83. The molecule has 3 amide bonds. The van der Waals surface area contributed by atoms with Gasteiger partial charge in [0.2, 0.25) is 0 Å². The predicted molar refractivity (Wildman–Crippen MR) is 108 cm³/mol. The van der Waals surface area contributed by atoms with Gasteiger partial charge in [0.05, 0.1) is 6.61 Å². The van der Waals surface area contributed by atoms with E-state index in [1.165, 1.54) is 6.92 Å². The minimum atomic E-state index is -1.21. The summed E-state index contributed by atoms with van der Waals surface area (Å²) in [6.07, 6.45) is 0.733. The van der Waals surface area contributed by atoms with Gasteiger partial charge in [0.15, 0.2) is 0 Å². The van der Waals surface area contributed by atoms with E-state index in [4.69, 9.17) is 4.74 Å². The fourth-order valence-electron chi connectivity index (χ4n) is 3.13. The van der Waals surface area contributed by atoms with Crippen LogP contribution in [0.25, 0.3) is 0 Å². The number of ether oxygens (including phenoxy) is 1. The molecule has 0 spiro atoms. The number of rotatable bonds is 6. The van der Waals surface area contributed by atoms with Gasteiger partial charge < -0.3 is 10.1 Å². The largest absolute Gasteiger partial charge is 0.464 e. The second-order valence-corrected chi connectivity index (χ2v) is 9.08. The summed E-state index contributed by atoms with van der Waals surface area (Å²) >= 11 is 0. The number of benzene rings is 1. The molecule has 154 valence electrons. The minimum absolute atomic E-state index is 0.0112. The van der Waals surface area contributed by atoms with Gasteiger partial charge in [-0.2, -0.15) is 0 Å². The topological polar surface area (TPSA) is 75.7 Å². The van der Waals surface area contributed by atoms with Crippen LogP contribution in [0.4, 0.5) is 4.79 Å². The standard InChI is InChI=1S/C22H32N2O4/c1-14(2)12-13-28-18(25)15(3)24-19(26)22(7,23-20(24)27)17-10-8-16(9-11-17)21(4,5)6/h8-11,14-15H,12-13H2,1-7H3,(H,23,27). The lowest BCUT2D eigenvalue weighted by Gasteiger charge is -2.25. The molecule has 0 radical (unpaired) electrons. The molecule has 1 aliphatic heterocycles. The highest BCUT2D eigenvalue weighted by atomic mass is 16.5. The first kappa shape index (κ1) is 21.9.